The van der Waals surface area contributed by atoms with Crippen molar-refractivity contribution >= 4 is 28.4 Å². The number of aryl methyl sites for hydroxylation is 1. The highest BCUT2D eigenvalue weighted by Crippen LogP contribution is 2.24. The molecule has 0 unspecified atom stereocenters. The Kier molecular flexibility index (Phi) is 4.76. The van der Waals surface area contributed by atoms with Gasteiger partial charge >= 0.3 is 0 Å². The predicted octanol–water partition coefficient (Wildman–Crippen LogP) is 3.20. The average Bonchev–Trinajstić information content (AvgIpc) is 2.21. The lowest BCUT2D eigenvalue weighted by atomic mass is 10.1. The van der Waals surface area contributed by atoms with E-state index < -0.39 is 0 Å². The molecule has 0 atom stereocenters. The maximum atomic E-state index is 4.57. The molecule has 1 aromatic rings. The first-order valence-corrected chi connectivity index (χ1v) is 6.48. The van der Waals surface area contributed by atoms with Crippen LogP contribution in [0.4, 0.5) is 5.82 Å². The summed E-state index contributed by atoms with van der Waals surface area (Å²) in [6.07, 6.45) is 0.884. The molecule has 1 heterocycles. The van der Waals surface area contributed by atoms with Gasteiger partial charge in [-0.1, -0.05) is 20.8 Å². The highest BCUT2D eigenvalue weighted by atomic mass is 127. The maximum Gasteiger partial charge on any atom is 0.143 e. The number of hydrogen-bond acceptors (Lipinski definition) is 3. The minimum absolute atomic E-state index is 0.447. The molecule has 0 fully saturated rings. The second-order valence-electron chi connectivity index (χ2n) is 3.73. The third-order valence-corrected chi connectivity index (χ3v) is 3.19. The first-order chi connectivity index (χ1) is 7.10. The molecular weight excluding hydrogens is 301 g/mol. The standard InChI is InChI=1S/C11H18IN3/c1-5-8-14-10(7(3)4)9(12)11(15-8)13-6-2/h7H,5-6H2,1-4H3,(H,13,14,15). The van der Waals surface area contributed by atoms with Gasteiger partial charge in [0.15, 0.2) is 0 Å². The molecule has 0 amide bonds. The van der Waals surface area contributed by atoms with Crippen LogP contribution in [-0.4, -0.2) is 16.5 Å². The minimum atomic E-state index is 0.447. The third-order valence-electron chi connectivity index (χ3n) is 2.13. The summed E-state index contributed by atoms with van der Waals surface area (Å²) < 4.78 is 1.15. The summed E-state index contributed by atoms with van der Waals surface area (Å²) in [7, 11) is 0. The zero-order chi connectivity index (χ0) is 11.4. The van der Waals surface area contributed by atoms with E-state index in [9.17, 15) is 0 Å². The van der Waals surface area contributed by atoms with Crippen LogP contribution in [0, 0.1) is 3.57 Å². The van der Waals surface area contributed by atoms with Crippen molar-refractivity contribution in [3.8, 4) is 0 Å². The molecule has 0 aliphatic heterocycles. The Hall–Kier alpha value is -0.390. The summed E-state index contributed by atoms with van der Waals surface area (Å²) >= 11 is 2.33. The monoisotopic (exact) mass is 319 g/mol. The molecule has 0 aliphatic rings. The molecule has 3 nitrogen and oxygen atoms in total. The molecule has 0 bridgehead atoms. The Labute approximate surface area is 105 Å². The summed E-state index contributed by atoms with van der Waals surface area (Å²) in [4.78, 5) is 9.07. The van der Waals surface area contributed by atoms with Gasteiger partial charge in [0.25, 0.3) is 0 Å². The molecule has 0 aliphatic carbocycles. The number of rotatable bonds is 4. The number of aromatic nitrogens is 2. The molecule has 84 valence electrons. The largest absolute Gasteiger partial charge is 0.369 e. The van der Waals surface area contributed by atoms with Crippen molar-refractivity contribution in [1.82, 2.24) is 9.97 Å². The topological polar surface area (TPSA) is 37.8 Å². The fraction of sp³-hybridized carbons (Fsp3) is 0.636. The zero-order valence-electron chi connectivity index (χ0n) is 9.76. The fourth-order valence-corrected chi connectivity index (χ4v) is 2.39. The Bertz CT molecular complexity index is 337. The van der Waals surface area contributed by atoms with Gasteiger partial charge in [-0.2, -0.15) is 0 Å². The molecule has 0 aromatic carbocycles. The fourth-order valence-electron chi connectivity index (χ4n) is 1.34. The molecule has 0 radical (unpaired) electrons. The van der Waals surface area contributed by atoms with Crippen LogP contribution >= 0.6 is 22.6 Å². The summed E-state index contributed by atoms with van der Waals surface area (Å²) in [5.41, 5.74) is 1.15. The van der Waals surface area contributed by atoms with Gasteiger partial charge in [0.2, 0.25) is 0 Å². The van der Waals surface area contributed by atoms with E-state index in [1.165, 1.54) is 0 Å². The van der Waals surface area contributed by atoms with Crippen LogP contribution in [0.15, 0.2) is 0 Å². The highest BCUT2D eigenvalue weighted by molar-refractivity contribution is 14.1. The lowest BCUT2D eigenvalue weighted by Gasteiger charge is -2.13. The van der Waals surface area contributed by atoms with Crippen molar-refractivity contribution in [2.45, 2.75) is 40.0 Å². The Morgan fingerprint density at radius 1 is 1.27 bits per heavy atom. The van der Waals surface area contributed by atoms with Crippen molar-refractivity contribution < 1.29 is 0 Å². The van der Waals surface area contributed by atoms with Crippen LogP contribution in [0.5, 0.6) is 0 Å². The number of nitrogens with zero attached hydrogens (tertiary/aromatic N) is 2. The quantitative estimate of drug-likeness (QED) is 0.866. The van der Waals surface area contributed by atoms with Crippen LogP contribution in [0.3, 0.4) is 0 Å². The Morgan fingerprint density at radius 3 is 2.40 bits per heavy atom. The molecule has 0 spiro atoms. The van der Waals surface area contributed by atoms with Gasteiger partial charge < -0.3 is 5.32 Å². The molecule has 0 saturated carbocycles. The summed E-state index contributed by atoms with van der Waals surface area (Å²) in [6.45, 7) is 9.40. The lowest BCUT2D eigenvalue weighted by molar-refractivity contribution is 0.779. The van der Waals surface area contributed by atoms with Crippen LogP contribution in [0.1, 0.15) is 45.1 Å². The summed E-state index contributed by atoms with van der Waals surface area (Å²) in [5, 5.41) is 3.29. The lowest BCUT2D eigenvalue weighted by Crippen LogP contribution is -2.10. The van der Waals surface area contributed by atoms with Gasteiger partial charge in [0.1, 0.15) is 11.6 Å². The van der Waals surface area contributed by atoms with E-state index in [0.29, 0.717) is 5.92 Å². The van der Waals surface area contributed by atoms with Gasteiger partial charge in [0.05, 0.1) is 9.26 Å². The number of anilines is 1. The molecule has 1 aromatic heterocycles. The predicted molar refractivity (Wildman–Crippen MR) is 72.4 cm³/mol. The molecule has 1 rings (SSSR count). The zero-order valence-corrected chi connectivity index (χ0v) is 11.9. The van der Waals surface area contributed by atoms with Crippen LogP contribution < -0.4 is 5.32 Å². The Morgan fingerprint density at radius 2 is 1.93 bits per heavy atom. The number of hydrogen-bond donors (Lipinski definition) is 1. The second kappa shape index (κ2) is 5.63. The first kappa shape index (κ1) is 12.7. The molecule has 1 N–H and O–H groups in total. The van der Waals surface area contributed by atoms with Crippen LogP contribution in [0.2, 0.25) is 0 Å². The molecule has 4 heteroatoms. The van der Waals surface area contributed by atoms with E-state index in [1.54, 1.807) is 0 Å². The SMILES string of the molecule is CCNc1nc(CC)nc(C(C)C)c1I. The summed E-state index contributed by atoms with van der Waals surface area (Å²) in [6, 6.07) is 0. The van der Waals surface area contributed by atoms with Crippen molar-refractivity contribution in [3.63, 3.8) is 0 Å². The first-order valence-electron chi connectivity index (χ1n) is 5.40. The van der Waals surface area contributed by atoms with Crippen LogP contribution in [-0.2, 0) is 6.42 Å². The van der Waals surface area contributed by atoms with Crippen molar-refractivity contribution in [2.75, 3.05) is 11.9 Å². The van der Waals surface area contributed by atoms with Gasteiger partial charge in [-0.3, -0.25) is 0 Å². The van der Waals surface area contributed by atoms with E-state index >= 15 is 0 Å². The van der Waals surface area contributed by atoms with Gasteiger partial charge in [-0.25, -0.2) is 9.97 Å². The highest BCUT2D eigenvalue weighted by Gasteiger charge is 2.13. The number of halogens is 1. The maximum absolute atomic E-state index is 4.57. The van der Waals surface area contributed by atoms with Gasteiger partial charge in [0, 0.05) is 13.0 Å². The third kappa shape index (κ3) is 3.03. The molecule has 15 heavy (non-hydrogen) atoms. The minimum Gasteiger partial charge on any atom is -0.369 e. The Balaban J connectivity index is 3.20. The second-order valence-corrected chi connectivity index (χ2v) is 4.80. The van der Waals surface area contributed by atoms with Crippen molar-refractivity contribution in [2.24, 2.45) is 0 Å². The summed E-state index contributed by atoms with van der Waals surface area (Å²) in [5.74, 6) is 2.35. The van der Waals surface area contributed by atoms with E-state index in [1.807, 2.05) is 0 Å². The van der Waals surface area contributed by atoms with E-state index in [-0.39, 0.29) is 0 Å². The van der Waals surface area contributed by atoms with Gasteiger partial charge in [-0.05, 0) is 35.4 Å². The average molecular weight is 319 g/mol. The number of nitrogens with one attached hydrogen (secondary N) is 1. The van der Waals surface area contributed by atoms with Crippen LogP contribution in [0.25, 0.3) is 0 Å². The smallest absolute Gasteiger partial charge is 0.143 e. The molecular formula is C11H18IN3. The molecule has 0 saturated heterocycles. The van der Waals surface area contributed by atoms with Crippen molar-refractivity contribution in [1.29, 1.82) is 0 Å². The van der Waals surface area contributed by atoms with E-state index in [2.05, 4.69) is 65.6 Å². The van der Waals surface area contributed by atoms with Gasteiger partial charge in [-0.15, -0.1) is 0 Å². The van der Waals surface area contributed by atoms with E-state index in [0.717, 1.165) is 33.9 Å². The van der Waals surface area contributed by atoms with E-state index in [4.69, 9.17) is 0 Å². The normalized spacial score (nSPS) is 10.8. The van der Waals surface area contributed by atoms with Crippen molar-refractivity contribution in [3.05, 3.63) is 15.1 Å².